The Kier molecular flexibility index (Phi) is 7.03. The van der Waals surface area contributed by atoms with Gasteiger partial charge in [0.05, 0.1) is 6.54 Å². The maximum absolute atomic E-state index is 6.58. The number of hydrogen-bond acceptors (Lipinski definition) is 3. The first kappa shape index (κ1) is 21.2. The lowest BCUT2D eigenvalue weighted by Gasteiger charge is -2.19. The molecule has 2 aliphatic rings. The fourth-order valence-corrected chi connectivity index (χ4v) is 4.08. The minimum atomic E-state index is 0.264. The molecule has 4 rings (SSSR count). The Hall–Kier alpha value is -3.07. The molecule has 0 heterocycles. The molecule has 3 nitrogen and oxygen atoms in total. The minimum absolute atomic E-state index is 0.264. The summed E-state index contributed by atoms with van der Waals surface area (Å²) >= 11 is 0. The minimum Gasteiger partial charge on any atom is -0.398 e. The van der Waals surface area contributed by atoms with E-state index in [2.05, 4.69) is 79.0 Å². The second kappa shape index (κ2) is 10.3. The van der Waals surface area contributed by atoms with E-state index in [4.69, 9.17) is 10.7 Å². The summed E-state index contributed by atoms with van der Waals surface area (Å²) in [5, 5.41) is 3.70. The van der Waals surface area contributed by atoms with Crippen molar-refractivity contribution in [2.75, 3.05) is 0 Å². The monoisotopic (exact) mass is 411 g/mol. The zero-order valence-electron chi connectivity index (χ0n) is 18.5. The van der Waals surface area contributed by atoms with Gasteiger partial charge in [0.15, 0.2) is 0 Å². The highest BCUT2D eigenvalue weighted by Gasteiger charge is 2.19. The average Bonchev–Trinajstić information content (AvgIpc) is 3.67. The quantitative estimate of drug-likeness (QED) is 0.556. The molecule has 0 amide bonds. The van der Waals surface area contributed by atoms with Crippen molar-refractivity contribution in [1.29, 1.82) is 0 Å². The molecule has 2 aromatic carbocycles. The Balaban J connectivity index is 1.49. The van der Waals surface area contributed by atoms with Crippen LogP contribution in [-0.4, -0.2) is 5.71 Å². The van der Waals surface area contributed by atoms with Crippen LogP contribution in [0, 0.1) is 0 Å². The molecule has 160 valence electrons. The van der Waals surface area contributed by atoms with E-state index < -0.39 is 0 Å². The van der Waals surface area contributed by atoms with Gasteiger partial charge in [-0.2, -0.15) is 0 Å². The number of nitrogens with two attached hydrogens (primary N) is 1. The predicted octanol–water partition coefficient (Wildman–Crippen LogP) is 6.37. The first-order valence-corrected chi connectivity index (χ1v) is 11.5. The molecule has 2 aromatic rings. The van der Waals surface area contributed by atoms with Gasteiger partial charge in [-0.05, 0) is 79.9 Å². The van der Waals surface area contributed by atoms with Gasteiger partial charge in [-0.3, -0.25) is 4.99 Å². The number of aliphatic imine (C=N–C) groups is 1. The summed E-state index contributed by atoms with van der Waals surface area (Å²) in [6.45, 7) is 2.94. The van der Waals surface area contributed by atoms with Crippen LogP contribution in [0.4, 0.5) is 0 Å². The zero-order valence-corrected chi connectivity index (χ0v) is 18.5. The van der Waals surface area contributed by atoms with Crippen LogP contribution in [0.25, 0.3) is 0 Å². The first-order valence-electron chi connectivity index (χ1n) is 11.5. The van der Waals surface area contributed by atoms with Gasteiger partial charge < -0.3 is 11.1 Å². The largest absolute Gasteiger partial charge is 0.398 e. The summed E-state index contributed by atoms with van der Waals surface area (Å²) in [5.74, 6) is 0. The number of allylic oxidation sites excluding steroid dienone is 4. The highest BCUT2D eigenvalue weighted by Crippen LogP contribution is 2.32. The topological polar surface area (TPSA) is 50.4 Å². The number of nitrogens with zero attached hydrogens (tertiary/aromatic N) is 1. The van der Waals surface area contributed by atoms with E-state index in [0.717, 1.165) is 25.1 Å². The molecule has 0 bridgehead atoms. The van der Waals surface area contributed by atoms with E-state index in [1.807, 2.05) is 6.07 Å². The lowest BCUT2D eigenvalue weighted by atomic mass is 9.91. The van der Waals surface area contributed by atoms with E-state index in [0.29, 0.717) is 0 Å². The van der Waals surface area contributed by atoms with Crippen molar-refractivity contribution in [3.8, 4) is 0 Å². The highest BCUT2D eigenvalue weighted by molar-refractivity contribution is 6.01. The zero-order chi connectivity index (χ0) is 21.5. The summed E-state index contributed by atoms with van der Waals surface area (Å²) in [4.78, 5) is 4.94. The van der Waals surface area contributed by atoms with Crippen molar-refractivity contribution in [3.05, 3.63) is 106 Å². The summed E-state index contributed by atoms with van der Waals surface area (Å²) < 4.78 is 0. The van der Waals surface area contributed by atoms with Crippen LogP contribution in [0.2, 0.25) is 0 Å². The van der Waals surface area contributed by atoms with E-state index >= 15 is 0 Å². The summed E-state index contributed by atoms with van der Waals surface area (Å²) in [6.07, 6.45) is 11.0. The second-order valence-electron chi connectivity index (χ2n) is 8.52. The Bertz CT molecular complexity index is 991. The average molecular weight is 412 g/mol. The number of rotatable bonds is 7. The van der Waals surface area contributed by atoms with Crippen molar-refractivity contribution < 1.29 is 0 Å². The van der Waals surface area contributed by atoms with Gasteiger partial charge in [0.1, 0.15) is 0 Å². The fraction of sp³-hybridized carbons (Fsp3) is 0.321. The van der Waals surface area contributed by atoms with Crippen LogP contribution in [0.15, 0.2) is 100 Å². The summed E-state index contributed by atoms with van der Waals surface area (Å²) in [7, 11) is 0. The van der Waals surface area contributed by atoms with Crippen LogP contribution in [0.1, 0.15) is 62.6 Å². The van der Waals surface area contributed by atoms with Gasteiger partial charge in [-0.25, -0.2) is 0 Å². The molecule has 2 fully saturated rings. The number of hydrogen-bond donors (Lipinski definition) is 2. The third-order valence-electron chi connectivity index (χ3n) is 6.06. The van der Waals surface area contributed by atoms with Crippen LogP contribution in [-0.2, 0) is 6.54 Å². The molecule has 3 heteroatoms. The Morgan fingerprint density at radius 3 is 2.32 bits per heavy atom. The van der Waals surface area contributed by atoms with Crippen LogP contribution < -0.4 is 11.1 Å². The molecule has 1 atom stereocenters. The van der Waals surface area contributed by atoms with Crippen LogP contribution >= 0.6 is 0 Å². The fourth-order valence-electron chi connectivity index (χ4n) is 4.08. The van der Waals surface area contributed by atoms with E-state index in [9.17, 15) is 0 Å². The molecule has 31 heavy (non-hydrogen) atoms. The summed E-state index contributed by atoms with van der Waals surface area (Å²) in [6, 6.07) is 21.3. The van der Waals surface area contributed by atoms with Crippen molar-refractivity contribution in [1.82, 2.24) is 5.32 Å². The maximum atomic E-state index is 6.58. The smallest absolute Gasteiger partial charge is 0.0643 e. The highest BCUT2D eigenvalue weighted by atomic mass is 14.9. The van der Waals surface area contributed by atoms with Gasteiger partial charge in [-0.1, -0.05) is 60.7 Å². The van der Waals surface area contributed by atoms with Crippen molar-refractivity contribution in [2.24, 2.45) is 10.7 Å². The maximum Gasteiger partial charge on any atom is 0.0643 e. The molecule has 0 aromatic heterocycles. The van der Waals surface area contributed by atoms with Crippen molar-refractivity contribution in [3.63, 3.8) is 0 Å². The normalized spacial score (nSPS) is 20.0. The lowest BCUT2D eigenvalue weighted by Crippen LogP contribution is -2.18. The molecule has 3 N–H and O–H groups in total. The van der Waals surface area contributed by atoms with Gasteiger partial charge >= 0.3 is 0 Å². The molecule has 2 aliphatic carbocycles. The van der Waals surface area contributed by atoms with Gasteiger partial charge in [0.2, 0.25) is 0 Å². The molecule has 0 unspecified atom stereocenters. The molecule has 2 saturated carbocycles. The van der Waals surface area contributed by atoms with Crippen molar-refractivity contribution >= 4 is 5.71 Å². The Morgan fingerprint density at radius 1 is 0.935 bits per heavy atom. The molecular formula is C28H33N3. The second-order valence-corrected chi connectivity index (χ2v) is 8.52. The van der Waals surface area contributed by atoms with E-state index in [1.54, 1.807) is 0 Å². The third-order valence-corrected chi connectivity index (χ3v) is 6.06. The number of benzene rings is 2. The molecule has 0 saturated heterocycles. The molecular weight excluding hydrogens is 378 g/mol. The van der Waals surface area contributed by atoms with Gasteiger partial charge in [0.25, 0.3) is 0 Å². The van der Waals surface area contributed by atoms with E-state index in [-0.39, 0.29) is 6.04 Å². The van der Waals surface area contributed by atoms with Crippen molar-refractivity contribution in [2.45, 2.75) is 58.0 Å². The Morgan fingerprint density at radius 2 is 1.61 bits per heavy atom. The first-order chi connectivity index (χ1) is 15.2. The van der Waals surface area contributed by atoms with E-state index in [1.165, 1.54) is 59.4 Å². The molecule has 0 radical (unpaired) electrons. The van der Waals surface area contributed by atoms with Crippen LogP contribution in [0.5, 0.6) is 0 Å². The molecule has 0 spiro atoms. The Labute approximate surface area is 186 Å². The predicted molar refractivity (Wildman–Crippen MR) is 131 cm³/mol. The third kappa shape index (κ3) is 5.97. The van der Waals surface area contributed by atoms with Crippen LogP contribution in [0.3, 0.4) is 0 Å². The van der Waals surface area contributed by atoms with Gasteiger partial charge in [0, 0.05) is 23.1 Å². The lowest BCUT2D eigenvalue weighted by molar-refractivity contribution is 0.663. The van der Waals surface area contributed by atoms with Gasteiger partial charge in [-0.15, -0.1) is 0 Å². The molecule has 0 aliphatic heterocycles. The number of nitrogens with one attached hydrogen (secondary N) is 1. The standard InChI is InChI=1S/C28H33N3/c1-21(23-12-6-3-7-13-23)31-27(24-16-17-24)19-18-26(29)25-14-8-9-15-28(25)30-20-22-10-4-2-5-11-22/h2-7,10-13,18-19,21,31H,8-9,14-17,20,29H2,1H3/b19-18+,26-25?,30-28?/t21-/m0/s1. The SMILES string of the molecule is C[C@H](NC(/C=C/C(N)=C1CCCCC1=NCc1ccccc1)=C1CC1)c1ccccc1. The summed E-state index contributed by atoms with van der Waals surface area (Å²) in [5.41, 5.74) is 15.1.